The number of hydrogen-bond acceptors (Lipinski definition) is 4. The molecule has 104 valence electrons. The maximum Gasteiger partial charge on any atom is 0.305 e. The number of hydrogen-bond donors (Lipinski definition) is 2. The lowest BCUT2D eigenvalue weighted by atomic mass is 10.1. The smallest absolute Gasteiger partial charge is 0.305 e. The van der Waals surface area contributed by atoms with Crippen molar-refractivity contribution in [3.8, 4) is 0 Å². The number of anilines is 1. The fourth-order valence-corrected chi connectivity index (χ4v) is 1.66. The Balaban J connectivity index is 2.16. The van der Waals surface area contributed by atoms with Gasteiger partial charge in [-0.25, -0.2) is 0 Å². The van der Waals surface area contributed by atoms with Gasteiger partial charge in [-0.3, -0.25) is 9.59 Å². The number of methoxy groups -OCH3 is 1. The van der Waals surface area contributed by atoms with Crippen molar-refractivity contribution in [3.05, 3.63) is 29.8 Å². The minimum Gasteiger partial charge on any atom is -0.469 e. The number of nitrogens with two attached hydrogens (primary N) is 1. The van der Waals surface area contributed by atoms with Gasteiger partial charge in [-0.15, -0.1) is 0 Å². The molecule has 0 saturated carbocycles. The Morgan fingerprint density at radius 2 is 2.11 bits per heavy atom. The Bertz CT molecular complexity index is 432. The van der Waals surface area contributed by atoms with E-state index in [2.05, 4.69) is 10.1 Å². The summed E-state index contributed by atoms with van der Waals surface area (Å²) in [7, 11) is 1.35. The number of aryl methyl sites for hydroxylation is 1. The van der Waals surface area contributed by atoms with Gasteiger partial charge in [0.1, 0.15) is 0 Å². The molecule has 1 aromatic rings. The van der Waals surface area contributed by atoms with Crippen LogP contribution in [0.3, 0.4) is 0 Å². The molecule has 0 aliphatic carbocycles. The zero-order valence-electron chi connectivity index (χ0n) is 11.1. The molecular formula is C14H20N2O3. The Morgan fingerprint density at radius 1 is 1.32 bits per heavy atom. The summed E-state index contributed by atoms with van der Waals surface area (Å²) in [4.78, 5) is 22.4. The van der Waals surface area contributed by atoms with Crippen LogP contribution in [0.15, 0.2) is 24.3 Å². The topological polar surface area (TPSA) is 81.4 Å². The van der Waals surface area contributed by atoms with Crippen LogP contribution in [0.5, 0.6) is 0 Å². The highest BCUT2D eigenvalue weighted by Crippen LogP contribution is 2.08. The second kappa shape index (κ2) is 8.13. The second-order valence-electron chi connectivity index (χ2n) is 4.27. The van der Waals surface area contributed by atoms with E-state index in [0.29, 0.717) is 37.9 Å². The maximum absolute atomic E-state index is 11.6. The van der Waals surface area contributed by atoms with Crippen LogP contribution < -0.4 is 11.1 Å². The number of carbonyl (C=O) groups excluding carboxylic acids is 2. The molecule has 0 aliphatic rings. The van der Waals surface area contributed by atoms with E-state index in [1.807, 2.05) is 24.3 Å². The number of amides is 1. The van der Waals surface area contributed by atoms with Gasteiger partial charge in [-0.1, -0.05) is 12.1 Å². The monoisotopic (exact) mass is 264 g/mol. The highest BCUT2D eigenvalue weighted by atomic mass is 16.5. The summed E-state index contributed by atoms with van der Waals surface area (Å²) < 4.78 is 4.51. The lowest BCUT2D eigenvalue weighted by Crippen LogP contribution is -2.25. The average Bonchev–Trinajstić information content (AvgIpc) is 2.41. The normalized spacial score (nSPS) is 9.95. The zero-order chi connectivity index (χ0) is 14.1. The van der Waals surface area contributed by atoms with Gasteiger partial charge >= 0.3 is 5.97 Å². The average molecular weight is 264 g/mol. The van der Waals surface area contributed by atoms with Gasteiger partial charge in [0, 0.05) is 25.1 Å². The fraction of sp³-hybridized carbons (Fsp3) is 0.429. The summed E-state index contributed by atoms with van der Waals surface area (Å²) in [6, 6.07) is 7.50. The largest absolute Gasteiger partial charge is 0.469 e. The molecule has 0 fully saturated rings. The van der Waals surface area contributed by atoms with Gasteiger partial charge in [0.15, 0.2) is 0 Å². The number of nitrogens with one attached hydrogen (secondary N) is 1. The third-order valence-electron chi connectivity index (χ3n) is 2.70. The minimum absolute atomic E-state index is 0.0210. The highest BCUT2D eigenvalue weighted by molar-refractivity contribution is 5.76. The number of nitrogen functional groups attached to an aromatic ring is 1. The second-order valence-corrected chi connectivity index (χ2v) is 4.27. The Labute approximate surface area is 113 Å². The van der Waals surface area contributed by atoms with Crippen LogP contribution in [0.25, 0.3) is 0 Å². The molecule has 5 nitrogen and oxygen atoms in total. The lowest BCUT2D eigenvalue weighted by molar-refractivity contribution is -0.140. The van der Waals surface area contributed by atoms with Gasteiger partial charge in [0.2, 0.25) is 5.91 Å². The van der Waals surface area contributed by atoms with E-state index in [9.17, 15) is 9.59 Å². The van der Waals surface area contributed by atoms with Crippen LogP contribution in [0.1, 0.15) is 24.8 Å². The Kier molecular flexibility index (Phi) is 6.43. The molecule has 0 saturated heterocycles. The van der Waals surface area contributed by atoms with E-state index < -0.39 is 0 Å². The molecule has 19 heavy (non-hydrogen) atoms. The Morgan fingerprint density at radius 3 is 2.79 bits per heavy atom. The first kappa shape index (κ1) is 15.0. The fourth-order valence-electron chi connectivity index (χ4n) is 1.66. The molecule has 5 heteroatoms. The van der Waals surface area contributed by atoms with E-state index in [4.69, 9.17) is 5.73 Å². The molecule has 1 rings (SSSR count). The number of rotatable bonds is 7. The third kappa shape index (κ3) is 6.45. The third-order valence-corrected chi connectivity index (χ3v) is 2.70. The van der Waals surface area contributed by atoms with Crippen LogP contribution in [0, 0.1) is 0 Å². The summed E-state index contributed by atoms with van der Waals surface area (Å²) in [5.74, 6) is -0.277. The quantitative estimate of drug-likeness (QED) is 0.441. The molecule has 0 spiro atoms. The number of esters is 1. The summed E-state index contributed by atoms with van der Waals surface area (Å²) in [6.45, 7) is 0.491. The number of benzene rings is 1. The van der Waals surface area contributed by atoms with Crippen molar-refractivity contribution in [3.63, 3.8) is 0 Å². The van der Waals surface area contributed by atoms with Crippen LogP contribution in [0.4, 0.5) is 5.69 Å². The van der Waals surface area contributed by atoms with Crippen LogP contribution in [0.2, 0.25) is 0 Å². The van der Waals surface area contributed by atoms with Crippen molar-refractivity contribution in [2.75, 3.05) is 19.4 Å². The number of ether oxygens (including phenoxy) is 1. The van der Waals surface area contributed by atoms with E-state index in [0.717, 1.165) is 5.56 Å². The summed E-state index contributed by atoms with van der Waals surface area (Å²) in [5.41, 5.74) is 7.41. The molecule has 0 bridgehead atoms. The van der Waals surface area contributed by atoms with Gasteiger partial charge < -0.3 is 15.8 Å². The lowest BCUT2D eigenvalue weighted by Gasteiger charge is -2.05. The van der Waals surface area contributed by atoms with Crippen molar-refractivity contribution in [1.29, 1.82) is 0 Å². The minimum atomic E-state index is -0.256. The standard InChI is InChI=1S/C14H20N2O3/c1-19-14(18)6-3-9-16-13(17)8-7-11-4-2-5-12(15)10-11/h2,4-5,10H,3,6-9,15H2,1H3,(H,16,17). The SMILES string of the molecule is COC(=O)CCCNC(=O)CCc1cccc(N)c1. The molecule has 0 radical (unpaired) electrons. The van der Waals surface area contributed by atoms with E-state index in [-0.39, 0.29) is 11.9 Å². The zero-order valence-corrected chi connectivity index (χ0v) is 11.1. The van der Waals surface area contributed by atoms with E-state index in [1.165, 1.54) is 7.11 Å². The molecule has 0 aliphatic heterocycles. The van der Waals surface area contributed by atoms with Crippen molar-refractivity contribution in [1.82, 2.24) is 5.32 Å². The van der Waals surface area contributed by atoms with Crippen molar-refractivity contribution in [2.45, 2.75) is 25.7 Å². The van der Waals surface area contributed by atoms with Crippen LogP contribution in [-0.2, 0) is 20.7 Å². The van der Waals surface area contributed by atoms with Crippen LogP contribution >= 0.6 is 0 Å². The predicted molar refractivity (Wildman–Crippen MR) is 73.4 cm³/mol. The van der Waals surface area contributed by atoms with Crippen molar-refractivity contribution < 1.29 is 14.3 Å². The first-order valence-corrected chi connectivity index (χ1v) is 6.29. The molecule has 1 aromatic carbocycles. The molecule has 0 aromatic heterocycles. The molecule has 1 amide bonds. The predicted octanol–water partition coefficient (Wildman–Crippen LogP) is 1.27. The molecule has 0 atom stereocenters. The maximum atomic E-state index is 11.6. The van der Waals surface area contributed by atoms with Gasteiger partial charge in [-0.2, -0.15) is 0 Å². The molecule has 3 N–H and O–H groups in total. The first-order valence-electron chi connectivity index (χ1n) is 6.29. The van der Waals surface area contributed by atoms with E-state index in [1.54, 1.807) is 0 Å². The van der Waals surface area contributed by atoms with Crippen molar-refractivity contribution in [2.24, 2.45) is 0 Å². The summed E-state index contributed by atoms with van der Waals surface area (Å²) in [5, 5.41) is 2.77. The van der Waals surface area contributed by atoms with Gasteiger partial charge in [0.25, 0.3) is 0 Å². The summed E-state index contributed by atoms with van der Waals surface area (Å²) >= 11 is 0. The van der Waals surface area contributed by atoms with Gasteiger partial charge in [0.05, 0.1) is 7.11 Å². The van der Waals surface area contributed by atoms with Gasteiger partial charge in [-0.05, 0) is 30.5 Å². The molecular weight excluding hydrogens is 244 g/mol. The first-order chi connectivity index (χ1) is 9.11. The van der Waals surface area contributed by atoms with E-state index >= 15 is 0 Å². The molecule has 0 unspecified atom stereocenters. The Hall–Kier alpha value is -2.04. The summed E-state index contributed by atoms with van der Waals surface area (Å²) in [6.07, 6.45) is 2.00. The highest BCUT2D eigenvalue weighted by Gasteiger charge is 2.03. The van der Waals surface area contributed by atoms with Crippen molar-refractivity contribution >= 4 is 17.6 Å². The van der Waals surface area contributed by atoms with Crippen LogP contribution in [-0.4, -0.2) is 25.5 Å². The number of carbonyl (C=O) groups is 2. The molecule has 0 heterocycles.